The fourth-order valence-corrected chi connectivity index (χ4v) is 4.20. The highest BCUT2D eigenvalue weighted by atomic mass is 32.2. The zero-order valence-corrected chi connectivity index (χ0v) is 19.0. The maximum absolute atomic E-state index is 12.5. The lowest BCUT2D eigenvalue weighted by molar-refractivity contribution is -0.114. The second-order valence-electron chi connectivity index (χ2n) is 7.46. The Morgan fingerprint density at radius 1 is 1.06 bits per heavy atom. The lowest BCUT2D eigenvalue weighted by Crippen LogP contribution is -2.35. The summed E-state index contributed by atoms with van der Waals surface area (Å²) in [5.41, 5.74) is 3.26. The number of nitrogens with one attached hydrogen (secondary N) is 1. The molecule has 2 aromatic carbocycles. The number of nitrogens with zero attached hydrogens (tertiary/aromatic N) is 3. The molecule has 32 heavy (non-hydrogen) atoms. The molecule has 0 fully saturated rings. The average molecular weight is 449 g/mol. The van der Waals surface area contributed by atoms with Crippen LogP contribution >= 0.6 is 11.8 Å². The number of aryl methyl sites for hydroxylation is 2. The van der Waals surface area contributed by atoms with Gasteiger partial charge in [-0.05, 0) is 79.1 Å². The zero-order chi connectivity index (χ0) is 22.7. The Kier molecular flexibility index (Phi) is 6.41. The molecule has 2 aromatic rings. The maximum Gasteiger partial charge on any atom is 0.283 e. The Labute approximate surface area is 191 Å². The Morgan fingerprint density at radius 2 is 1.78 bits per heavy atom. The van der Waals surface area contributed by atoms with Crippen LogP contribution in [0.2, 0.25) is 0 Å². The minimum atomic E-state index is -0.436. The summed E-state index contributed by atoms with van der Waals surface area (Å²) in [5, 5.41) is 15.5. The van der Waals surface area contributed by atoms with Crippen molar-refractivity contribution in [2.24, 2.45) is 10.1 Å². The third-order valence-corrected chi connectivity index (χ3v) is 5.84. The van der Waals surface area contributed by atoms with Crippen LogP contribution in [0, 0.1) is 19.3 Å². The van der Waals surface area contributed by atoms with Crippen LogP contribution in [0.15, 0.2) is 58.1 Å². The molecule has 0 unspecified atom stereocenters. The molecule has 1 amide bonds. The number of fused-ring (bicyclic) bond motifs is 1. The summed E-state index contributed by atoms with van der Waals surface area (Å²) in [7, 11) is 0. The molecule has 0 aromatic heterocycles. The molecule has 0 saturated carbocycles. The minimum Gasteiger partial charge on any atom is -0.490 e. The maximum atomic E-state index is 12.5. The first-order valence-electron chi connectivity index (χ1n) is 10.4. The van der Waals surface area contributed by atoms with Crippen LogP contribution in [0.4, 0.5) is 0 Å². The molecule has 7 nitrogen and oxygen atoms in total. The van der Waals surface area contributed by atoms with Crippen molar-refractivity contribution in [3.63, 3.8) is 0 Å². The van der Waals surface area contributed by atoms with Crippen molar-refractivity contribution >= 4 is 39.8 Å². The van der Waals surface area contributed by atoms with Crippen LogP contribution < -0.4 is 9.47 Å². The number of carbonyl (C=O) groups excluding carboxylic acids is 1. The van der Waals surface area contributed by atoms with E-state index in [0.717, 1.165) is 33.9 Å². The van der Waals surface area contributed by atoms with Gasteiger partial charge in [-0.2, -0.15) is 15.1 Å². The molecule has 0 bridgehead atoms. The number of thioether (sulfide) groups is 1. The first-order valence-corrected chi connectivity index (χ1v) is 11.2. The third kappa shape index (κ3) is 4.91. The molecule has 2 heterocycles. The van der Waals surface area contributed by atoms with E-state index in [1.165, 1.54) is 16.8 Å². The van der Waals surface area contributed by atoms with Gasteiger partial charge < -0.3 is 9.47 Å². The minimum absolute atomic E-state index is 0.0316. The fourth-order valence-electron chi connectivity index (χ4n) is 3.37. The molecule has 0 atom stereocenters. The summed E-state index contributed by atoms with van der Waals surface area (Å²) >= 11 is 1.33. The van der Waals surface area contributed by atoms with Gasteiger partial charge in [-0.1, -0.05) is 25.1 Å². The van der Waals surface area contributed by atoms with Gasteiger partial charge in [0.2, 0.25) is 5.17 Å². The summed E-state index contributed by atoms with van der Waals surface area (Å²) in [5.74, 6) is 1.08. The molecule has 2 aliphatic rings. The second kappa shape index (κ2) is 9.40. The van der Waals surface area contributed by atoms with Crippen molar-refractivity contribution in [2.45, 2.75) is 27.2 Å². The summed E-state index contributed by atoms with van der Waals surface area (Å²) in [6, 6.07) is 13.5. The molecular weight excluding hydrogens is 424 g/mol. The van der Waals surface area contributed by atoms with Crippen LogP contribution in [-0.2, 0) is 4.79 Å². The van der Waals surface area contributed by atoms with Crippen LogP contribution in [0.25, 0.3) is 6.08 Å². The molecule has 0 saturated heterocycles. The van der Waals surface area contributed by atoms with E-state index in [2.05, 4.69) is 16.2 Å². The number of amides is 1. The highest BCUT2D eigenvalue weighted by molar-refractivity contribution is 8.26. The Bertz CT molecular complexity index is 1150. The molecule has 164 valence electrons. The average Bonchev–Trinajstić information content (AvgIpc) is 3.17. The number of benzene rings is 2. The van der Waals surface area contributed by atoms with E-state index in [1.54, 1.807) is 6.08 Å². The Morgan fingerprint density at radius 3 is 2.50 bits per heavy atom. The fraction of sp³-hybridized carbons (Fsp3) is 0.250. The van der Waals surface area contributed by atoms with Gasteiger partial charge >= 0.3 is 0 Å². The number of ether oxygens (including phenoxy) is 2. The van der Waals surface area contributed by atoms with E-state index in [9.17, 15) is 4.79 Å². The number of hydrazone groups is 1. The lowest BCUT2D eigenvalue weighted by Gasteiger charge is -2.20. The standard InChI is InChI=1S/C24H24N4O3S/c1-4-21-27-28-22(25)20(23(29)26-24(28)32-21)14-17-6-5-7-18(13-17)30-8-9-31-19-11-15(2)10-16(3)12-19/h5-7,10-14,25H,4,8-9H2,1-3H3/b20-14+,25-22?. The van der Waals surface area contributed by atoms with Gasteiger partial charge in [0.1, 0.15) is 29.8 Å². The zero-order valence-electron chi connectivity index (χ0n) is 18.2. The van der Waals surface area contributed by atoms with Gasteiger partial charge in [0.15, 0.2) is 5.84 Å². The predicted octanol–water partition coefficient (Wildman–Crippen LogP) is 4.79. The first-order chi connectivity index (χ1) is 15.4. The largest absolute Gasteiger partial charge is 0.490 e. The summed E-state index contributed by atoms with van der Waals surface area (Å²) in [6.07, 6.45) is 2.38. The molecule has 0 spiro atoms. The van der Waals surface area contributed by atoms with Gasteiger partial charge in [0, 0.05) is 0 Å². The monoisotopic (exact) mass is 448 g/mol. The number of hydrogen-bond donors (Lipinski definition) is 1. The van der Waals surface area contributed by atoms with Crippen molar-refractivity contribution in [2.75, 3.05) is 13.2 Å². The van der Waals surface area contributed by atoms with Crippen LogP contribution in [-0.4, -0.2) is 40.2 Å². The van der Waals surface area contributed by atoms with E-state index >= 15 is 0 Å². The molecule has 2 aliphatic heterocycles. The van der Waals surface area contributed by atoms with Crippen LogP contribution in [0.1, 0.15) is 30.0 Å². The molecule has 1 N–H and O–H groups in total. The molecule has 0 radical (unpaired) electrons. The molecule has 8 heteroatoms. The Balaban J connectivity index is 1.41. The van der Waals surface area contributed by atoms with Crippen molar-refractivity contribution in [3.05, 3.63) is 64.7 Å². The van der Waals surface area contributed by atoms with Gasteiger partial charge in [0.05, 0.1) is 5.57 Å². The molecular formula is C24H24N4O3S. The Hall–Kier alpha value is -3.39. The van der Waals surface area contributed by atoms with Crippen molar-refractivity contribution in [1.29, 1.82) is 5.41 Å². The summed E-state index contributed by atoms with van der Waals surface area (Å²) in [4.78, 5) is 16.6. The van der Waals surface area contributed by atoms with Crippen molar-refractivity contribution < 1.29 is 14.3 Å². The lowest BCUT2D eigenvalue weighted by atomic mass is 10.1. The van der Waals surface area contributed by atoms with E-state index < -0.39 is 5.91 Å². The smallest absolute Gasteiger partial charge is 0.283 e. The highest BCUT2D eigenvalue weighted by Gasteiger charge is 2.35. The van der Waals surface area contributed by atoms with Gasteiger partial charge in [-0.15, -0.1) is 0 Å². The van der Waals surface area contributed by atoms with Crippen molar-refractivity contribution in [3.8, 4) is 11.5 Å². The summed E-state index contributed by atoms with van der Waals surface area (Å²) in [6.45, 7) is 6.85. The molecule has 0 aliphatic carbocycles. The predicted molar refractivity (Wildman–Crippen MR) is 129 cm³/mol. The SMILES string of the molecule is CCC1=NN2C(=N)/C(=C\c3cccc(OCCOc4cc(C)cc(C)c4)c3)C(=O)N=C2S1. The van der Waals surface area contributed by atoms with E-state index in [0.29, 0.717) is 24.1 Å². The van der Waals surface area contributed by atoms with Crippen LogP contribution in [0.5, 0.6) is 11.5 Å². The number of aliphatic imine (C=N–C) groups is 1. The van der Waals surface area contributed by atoms with E-state index in [-0.39, 0.29) is 11.4 Å². The first kappa shape index (κ1) is 21.8. The number of carbonyl (C=O) groups is 1. The number of amidine groups is 2. The normalized spacial score (nSPS) is 16.7. The second-order valence-corrected chi connectivity index (χ2v) is 8.50. The van der Waals surface area contributed by atoms with E-state index in [1.807, 2.05) is 57.2 Å². The van der Waals surface area contributed by atoms with Gasteiger partial charge in [0.25, 0.3) is 5.91 Å². The number of rotatable bonds is 7. The van der Waals surface area contributed by atoms with Gasteiger partial charge in [-0.25, -0.2) is 0 Å². The third-order valence-electron chi connectivity index (χ3n) is 4.78. The van der Waals surface area contributed by atoms with E-state index in [4.69, 9.17) is 14.9 Å². The van der Waals surface area contributed by atoms with Gasteiger partial charge in [-0.3, -0.25) is 10.2 Å². The summed E-state index contributed by atoms with van der Waals surface area (Å²) < 4.78 is 11.6. The topological polar surface area (TPSA) is 87.3 Å². The highest BCUT2D eigenvalue weighted by Crippen LogP contribution is 2.29. The quantitative estimate of drug-likeness (QED) is 0.486. The number of hydrogen-bond acceptors (Lipinski definition) is 6. The van der Waals surface area contributed by atoms with Crippen molar-refractivity contribution in [1.82, 2.24) is 5.01 Å². The van der Waals surface area contributed by atoms with Crippen LogP contribution in [0.3, 0.4) is 0 Å². The molecule has 4 rings (SSSR count).